The Bertz CT molecular complexity index is 388. The Morgan fingerprint density at radius 1 is 1.33 bits per heavy atom. The fourth-order valence-electron chi connectivity index (χ4n) is 2.37. The van der Waals surface area contributed by atoms with E-state index in [1.165, 1.54) is 12.0 Å². The van der Waals surface area contributed by atoms with Crippen molar-refractivity contribution >= 4 is 0 Å². The van der Waals surface area contributed by atoms with Crippen molar-refractivity contribution < 1.29 is 0 Å². The minimum Gasteiger partial charge on any atom is -0.305 e. The predicted molar refractivity (Wildman–Crippen MR) is 60.6 cm³/mol. The molecule has 15 heavy (non-hydrogen) atoms. The maximum atomic E-state index is 8.74. The highest BCUT2D eigenvalue weighted by atomic mass is 15.1. The van der Waals surface area contributed by atoms with Crippen molar-refractivity contribution in [3.63, 3.8) is 0 Å². The van der Waals surface area contributed by atoms with Gasteiger partial charge in [0.15, 0.2) is 0 Å². The summed E-state index contributed by atoms with van der Waals surface area (Å²) in [5, 5.41) is 8.74. The molecule has 1 atom stereocenters. The molecule has 0 bridgehead atoms. The Morgan fingerprint density at radius 2 is 2.00 bits per heavy atom. The van der Waals surface area contributed by atoms with Gasteiger partial charge in [0, 0.05) is 12.0 Å². The molecule has 1 aromatic rings. The molecule has 0 saturated carbocycles. The molecular weight excluding hydrogens is 184 g/mol. The van der Waals surface area contributed by atoms with Crippen LogP contribution in [0.4, 0.5) is 0 Å². The van der Waals surface area contributed by atoms with E-state index in [1.54, 1.807) is 0 Å². The predicted octanol–water partition coefficient (Wildman–Crippen LogP) is 2.15. The lowest BCUT2D eigenvalue weighted by Crippen LogP contribution is -2.25. The molecule has 0 aliphatic carbocycles. The van der Waals surface area contributed by atoms with E-state index < -0.39 is 0 Å². The molecule has 0 amide bonds. The number of hydrogen-bond acceptors (Lipinski definition) is 2. The molecule has 1 fully saturated rings. The number of nitrogens with zero attached hydrogens (tertiary/aromatic N) is 2. The van der Waals surface area contributed by atoms with Crippen LogP contribution in [0.1, 0.15) is 24.5 Å². The lowest BCUT2D eigenvalue weighted by atomic mass is 9.81. The minimum atomic E-state index is 0.267. The van der Waals surface area contributed by atoms with Crippen molar-refractivity contribution in [3.8, 4) is 6.07 Å². The van der Waals surface area contributed by atoms with Crippen LogP contribution >= 0.6 is 0 Å². The molecule has 1 unspecified atom stereocenters. The zero-order valence-electron chi connectivity index (χ0n) is 9.33. The molecule has 2 nitrogen and oxygen atoms in total. The maximum Gasteiger partial charge on any atom is 0.0991 e. The van der Waals surface area contributed by atoms with Crippen molar-refractivity contribution in [3.05, 3.63) is 35.4 Å². The monoisotopic (exact) mass is 200 g/mol. The van der Waals surface area contributed by atoms with Gasteiger partial charge in [0.25, 0.3) is 0 Å². The van der Waals surface area contributed by atoms with E-state index in [4.69, 9.17) is 5.26 Å². The van der Waals surface area contributed by atoms with E-state index in [9.17, 15) is 0 Å². The number of benzene rings is 1. The van der Waals surface area contributed by atoms with Crippen molar-refractivity contribution in [2.24, 2.45) is 0 Å². The smallest absolute Gasteiger partial charge is 0.0991 e. The van der Waals surface area contributed by atoms with E-state index in [-0.39, 0.29) is 5.41 Å². The van der Waals surface area contributed by atoms with Gasteiger partial charge in [-0.05, 0) is 37.7 Å². The molecule has 1 heterocycles. The summed E-state index contributed by atoms with van der Waals surface area (Å²) < 4.78 is 0. The second-order valence-electron chi connectivity index (χ2n) is 4.74. The summed E-state index contributed by atoms with van der Waals surface area (Å²) in [6, 6.07) is 10.2. The van der Waals surface area contributed by atoms with Gasteiger partial charge in [0.05, 0.1) is 11.6 Å². The van der Waals surface area contributed by atoms with E-state index in [0.717, 1.165) is 18.7 Å². The quantitative estimate of drug-likeness (QED) is 0.694. The molecular formula is C13H16N2. The summed E-state index contributed by atoms with van der Waals surface area (Å²) in [6.07, 6.45) is 1.20. The van der Waals surface area contributed by atoms with Gasteiger partial charge in [-0.25, -0.2) is 0 Å². The molecule has 1 aliphatic rings. The van der Waals surface area contributed by atoms with Gasteiger partial charge in [-0.3, -0.25) is 0 Å². The lowest BCUT2D eigenvalue weighted by molar-refractivity contribution is 0.381. The average molecular weight is 200 g/mol. The molecule has 1 saturated heterocycles. The van der Waals surface area contributed by atoms with E-state index in [2.05, 4.69) is 37.1 Å². The van der Waals surface area contributed by atoms with Gasteiger partial charge in [-0.2, -0.15) is 5.26 Å². The Balaban J connectivity index is 2.26. The van der Waals surface area contributed by atoms with Crippen LogP contribution in [0.3, 0.4) is 0 Å². The first-order chi connectivity index (χ1) is 7.14. The summed E-state index contributed by atoms with van der Waals surface area (Å²) >= 11 is 0. The summed E-state index contributed by atoms with van der Waals surface area (Å²) in [5.74, 6) is 0. The number of rotatable bonds is 1. The van der Waals surface area contributed by atoms with Gasteiger partial charge in [-0.1, -0.05) is 19.1 Å². The summed E-state index contributed by atoms with van der Waals surface area (Å²) in [5.41, 5.74) is 2.36. The molecule has 78 valence electrons. The SMILES string of the molecule is CN1CCC(C)(c2ccc(C#N)cc2)C1. The van der Waals surface area contributed by atoms with Crippen LogP contribution in [-0.4, -0.2) is 25.0 Å². The van der Waals surface area contributed by atoms with Crippen molar-refractivity contribution in [1.82, 2.24) is 4.90 Å². The second kappa shape index (κ2) is 3.67. The van der Waals surface area contributed by atoms with Crippen LogP contribution in [-0.2, 0) is 5.41 Å². The van der Waals surface area contributed by atoms with Crippen LogP contribution < -0.4 is 0 Å². The molecule has 0 aromatic heterocycles. The van der Waals surface area contributed by atoms with Crippen molar-refractivity contribution in [1.29, 1.82) is 5.26 Å². The van der Waals surface area contributed by atoms with Gasteiger partial charge in [-0.15, -0.1) is 0 Å². The Hall–Kier alpha value is -1.33. The molecule has 2 heteroatoms. The first kappa shape index (κ1) is 10.2. The first-order valence-corrected chi connectivity index (χ1v) is 5.33. The average Bonchev–Trinajstić information content (AvgIpc) is 2.60. The molecule has 0 radical (unpaired) electrons. The van der Waals surface area contributed by atoms with E-state index in [0.29, 0.717) is 0 Å². The zero-order valence-corrected chi connectivity index (χ0v) is 9.33. The molecule has 1 aromatic carbocycles. The van der Waals surface area contributed by atoms with Crippen molar-refractivity contribution in [2.75, 3.05) is 20.1 Å². The third-order valence-electron chi connectivity index (χ3n) is 3.38. The van der Waals surface area contributed by atoms with Crippen LogP contribution in [0.15, 0.2) is 24.3 Å². The highest BCUT2D eigenvalue weighted by Crippen LogP contribution is 2.33. The number of hydrogen-bond donors (Lipinski definition) is 0. The highest BCUT2D eigenvalue weighted by Gasteiger charge is 2.33. The Labute approximate surface area is 91.1 Å². The number of nitriles is 1. The van der Waals surface area contributed by atoms with Gasteiger partial charge in [0.1, 0.15) is 0 Å². The Kier molecular flexibility index (Phi) is 2.50. The van der Waals surface area contributed by atoms with E-state index in [1.807, 2.05) is 12.1 Å². The third kappa shape index (κ3) is 1.88. The normalized spacial score (nSPS) is 26.5. The zero-order chi connectivity index (χ0) is 10.9. The number of likely N-dealkylation sites (N-methyl/N-ethyl adjacent to an activating group) is 1. The Morgan fingerprint density at radius 3 is 2.47 bits per heavy atom. The van der Waals surface area contributed by atoms with Crippen LogP contribution in [0, 0.1) is 11.3 Å². The molecule has 1 aliphatic heterocycles. The molecule has 0 spiro atoms. The third-order valence-corrected chi connectivity index (χ3v) is 3.38. The fraction of sp³-hybridized carbons (Fsp3) is 0.462. The van der Waals surface area contributed by atoms with Crippen LogP contribution in [0.2, 0.25) is 0 Å². The second-order valence-corrected chi connectivity index (χ2v) is 4.74. The van der Waals surface area contributed by atoms with Gasteiger partial charge in [0.2, 0.25) is 0 Å². The largest absolute Gasteiger partial charge is 0.305 e. The molecule has 0 N–H and O–H groups in total. The maximum absolute atomic E-state index is 8.74. The minimum absolute atomic E-state index is 0.267. The summed E-state index contributed by atoms with van der Waals surface area (Å²) in [7, 11) is 2.16. The van der Waals surface area contributed by atoms with Crippen LogP contribution in [0.25, 0.3) is 0 Å². The topological polar surface area (TPSA) is 27.0 Å². The molecule has 2 rings (SSSR count). The summed E-state index contributed by atoms with van der Waals surface area (Å²) in [4.78, 5) is 2.36. The lowest BCUT2D eigenvalue weighted by Gasteiger charge is -2.24. The highest BCUT2D eigenvalue weighted by molar-refractivity contribution is 5.35. The summed E-state index contributed by atoms with van der Waals surface area (Å²) in [6.45, 7) is 4.58. The first-order valence-electron chi connectivity index (χ1n) is 5.33. The number of likely N-dealkylation sites (tertiary alicyclic amines) is 1. The van der Waals surface area contributed by atoms with Crippen LogP contribution in [0.5, 0.6) is 0 Å². The van der Waals surface area contributed by atoms with Crippen molar-refractivity contribution in [2.45, 2.75) is 18.8 Å². The van der Waals surface area contributed by atoms with Gasteiger partial charge >= 0.3 is 0 Å². The standard InChI is InChI=1S/C13H16N2/c1-13(7-8-15(2)10-13)12-5-3-11(9-14)4-6-12/h3-6H,7-8,10H2,1-2H3. The van der Waals surface area contributed by atoms with Gasteiger partial charge < -0.3 is 4.90 Å². The van der Waals surface area contributed by atoms with E-state index >= 15 is 0 Å². The fourth-order valence-corrected chi connectivity index (χ4v) is 2.37.